The highest BCUT2D eigenvalue weighted by Crippen LogP contribution is 2.33. The van der Waals surface area contributed by atoms with Crippen LogP contribution in [0.3, 0.4) is 0 Å². The monoisotopic (exact) mass is 274 g/mol. The SMILES string of the molecule is Cc1cc(S(=O)(=O)N(C)CC2CC2)sc1CN. The summed E-state index contributed by atoms with van der Waals surface area (Å²) in [5.41, 5.74) is 6.54. The lowest BCUT2D eigenvalue weighted by Gasteiger charge is -2.15. The molecule has 0 unspecified atom stereocenters. The van der Waals surface area contributed by atoms with Gasteiger partial charge < -0.3 is 5.73 Å². The van der Waals surface area contributed by atoms with Gasteiger partial charge in [0.25, 0.3) is 10.0 Å². The van der Waals surface area contributed by atoms with Crippen molar-refractivity contribution < 1.29 is 8.42 Å². The summed E-state index contributed by atoms with van der Waals surface area (Å²) < 4.78 is 26.4. The first-order valence-corrected chi connectivity index (χ1v) is 7.96. The first-order chi connectivity index (χ1) is 7.95. The molecule has 6 heteroatoms. The Morgan fingerprint density at radius 3 is 2.65 bits per heavy atom. The predicted octanol–water partition coefficient (Wildman–Crippen LogP) is 1.55. The van der Waals surface area contributed by atoms with Crippen LogP contribution in [0.15, 0.2) is 10.3 Å². The van der Waals surface area contributed by atoms with Gasteiger partial charge in [-0.1, -0.05) is 0 Å². The number of rotatable bonds is 5. The molecule has 1 aliphatic rings. The number of hydrogen-bond donors (Lipinski definition) is 1. The summed E-state index contributed by atoms with van der Waals surface area (Å²) in [6.07, 6.45) is 2.30. The van der Waals surface area contributed by atoms with E-state index in [1.54, 1.807) is 13.1 Å². The van der Waals surface area contributed by atoms with Gasteiger partial charge in [-0.05, 0) is 37.3 Å². The van der Waals surface area contributed by atoms with Crippen LogP contribution in [0, 0.1) is 12.8 Å². The third-order valence-corrected chi connectivity index (χ3v) is 6.59. The van der Waals surface area contributed by atoms with Crippen molar-refractivity contribution in [3.63, 3.8) is 0 Å². The molecule has 0 aliphatic heterocycles. The number of hydrogen-bond acceptors (Lipinski definition) is 4. The second-order valence-electron chi connectivity index (χ2n) is 4.60. The maximum Gasteiger partial charge on any atom is 0.252 e. The minimum absolute atomic E-state index is 0.401. The summed E-state index contributed by atoms with van der Waals surface area (Å²) in [6, 6.07) is 1.73. The first kappa shape index (κ1) is 13.0. The van der Waals surface area contributed by atoms with Gasteiger partial charge in [0.15, 0.2) is 0 Å². The average Bonchev–Trinajstić information content (AvgIpc) is 2.99. The molecule has 0 aromatic carbocycles. The number of aryl methyl sites for hydroxylation is 1. The summed E-state index contributed by atoms with van der Waals surface area (Å²) in [7, 11) is -1.65. The molecule has 1 heterocycles. The molecule has 1 aromatic heterocycles. The van der Waals surface area contributed by atoms with Gasteiger partial charge >= 0.3 is 0 Å². The molecular formula is C11H18N2O2S2. The summed E-state index contributed by atoms with van der Waals surface area (Å²) in [5.74, 6) is 0.560. The Kier molecular flexibility index (Phi) is 3.58. The Bertz CT molecular complexity index is 504. The Labute approximate surface area is 106 Å². The molecule has 2 rings (SSSR count). The van der Waals surface area contributed by atoms with E-state index in [2.05, 4.69) is 0 Å². The van der Waals surface area contributed by atoms with E-state index >= 15 is 0 Å². The van der Waals surface area contributed by atoms with Crippen LogP contribution in [0.2, 0.25) is 0 Å². The highest BCUT2D eigenvalue weighted by atomic mass is 32.2. The average molecular weight is 274 g/mol. The van der Waals surface area contributed by atoms with Crippen LogP contribution < -0.4 is 5.73 Å². The van der Waals surface area contributed by atoms with Crippen LogP contribution in [0.5, 0.6) is 0 Å². The first-order valence-electron chi connectivity index (χ1n) is 5.71. The molecule has 1 fully saturated rings. The molecule has 4 nitrogen and oxygen atoms in total. The normalized spacial score (nSPS) is 16.7. The number of sulfonamides is 1. The highest BCUT2D eigenvalue weighted by molar-refractivity contribution is 7.91. The van der Waals surface area contributed by atoms with Gasteiger partial charge in [0.05, 0.1) is 0 Å². The highest BCUT2D eigenvalue weighted by Gasteiger charge is 2.30. The fourth-order valence-corrected chi connectivity index (χ4v) is 4.66. The van der Waals surface area contributed by atoms with Gasteiger partial charge in [-0.3, -0.25) is 0 Å². The molecule has 0 amide bonds. The van der Waals surface area contributed by atoms with Crippen molar-refractivity contribution in [3.8, 4) is 0 Å². The fourth-order valence-electron chi connectivity index (χ4n) is 1.73. The second-order valence-corrected chi connectivity index (χ2v) is 8.01. The molecule has 96 valence electrons. The van der Waals surface area contributed by atoms with Crippen molar-refractivity contribution in [1.82, 2.24) is 4.31 Å². The van der Waals surface area contributed by atoms with Gasteiger partial charge in [0.1, 0.15) is 4.21 Å². The smallest absolute Gasteiger partial charge is 0.252 e. The van der Waals surface area contributed by atoms with Crippen LogP contribution in [0.25, 0.3) is 0 Å². The van der Waals surface area contributed by atoms with Crippen LogP contribution in [0.4, 0.5) is 0 Å². The van der Waals surface area contributed by atoms with E-state index in [0.29, 0.717) is 23.2 Å². The van der Waals surface area contributed by atoms with Crippen molar-refractivity contribution in [1.29, 1.82) is 0 Å². The lowest BCUT2D eigenvalue weighted by Crippen LogP contribution is -2.28. The van der Waals surface area contributed by atoms with Crippen LogP contribution >= 0.6 is 11.3 Å². The topological polar surface area (TPSA) is 63.4 Å². The van der Waals surface area contributed by atoms with E-state index < -0.39 is 10.0 Å². The Morgan fingerprint density at radius 2 is 2.18 bits per heavy atom. The molecule has 2 N–H and O–H groups in total. The number of thiophene rings is 1. The fraction of sp³-hybridized carbons (Fsp3) is 0.636. The molecule has 0 spiro atoms. The molecule has 1 aliphatic carbocycles. The van der Waals surface area contributed by atoms with E-state index in [9.17, 15) is 8.42 Å². The minimum atomic E-state index is -3.31. The molecule has 0 saturated heterocycles. The Balaban J connectivity index is 2.23. The van der Waals surface area contributed by atoms with E-state index in [4.69, 9.17) is 5.73 Å². The lowest BCUT2D eigenvalue weighted by molar-refractivity contribution is 0.454. The van der Waals surface area contributed by atoms with Gasteiger partial charge in [-0.2, -0.15) is 4.31 Å². The number of nitrogens with two attached hydrogens (primary N) is 1. The molecule has 0 radical (unpaired) electrons. The lowest BCUT2D eigenvalue weighted by atomic mass is 10.3. The zero-order chi connectivity index (χ0) is 12.6. The summed E-state index contributed by atoms with van der Waals surface area (Å²) in [5, 5.41) is 0. The molecule has 1 aromatic rings. The Hall–Kier alpha value is -0.430. The van der Waals surface area contributed by atoms with Crippen molar-refractivity contribution in [3.05, 3.63) is 16.5 Å². The summed E-state index contributed by atoms with van der Waals surface area (Å²) in [4.78, 5) is 0.948. The van der Waals surface area contributed by atoms with E-state index in [1.807, 2.05) is 6.92 Å². The third kappa shape index (κ3) is 2.70. The maximum atomic E-state index is 12.3. The van der Waals surface area contributed by atoms with Crippen molar-refractivity contribution in [2.45, 2.75) is 30.5 Å². The van der Waals surface area contributed by atoms with E-state index in [-0.39, 0.29) is 0 Å². The third-order valence-electron chi connectivity index (χ3n) is 3.06. The zero-order valence-electron chi connectivity index (χ0n) is 10.1. The van der Waals surface area contributed by atoms with E-state index in [1.165, 1.54) is 15.6 Å². The molecule has 17 heavy (non-hydrogen) atoms. The maximum absolute atomic E-state index is 12.3. The van der Waals surface area contributed by atoms with Gasteiger partial charge in [0.2, 0.25) is 0 Å². The van der Waals surface area contributed by atoms with E-state index in [0.717, 1.165) is 23.3 Å². The summed E-state index contributed by atoms with van der Waals surface area (Å²) in [6.45, 7) is 2.94. The van der Waals surface area contributed by atoms with Crippen LogP contribution in [0.1, 0.15) is 23.3 Å². The van der Waals surface area contributed by atoms with Gasteiger partial charge in [-0.15, -0.1) is 11.3 Å². The quantitative estimate of drug-likeness (QED) is 0.886. The Morgan fingerprint density at radius 1 is 1.53 bits per heavy atom. The van der Waals surface area contributed by atoms with Crippen molar-refractivity contribution >= 4 is 21.4 Å². The largest absolute Gasteiger partial charge is 0.326 e. The van der Waals surface area contributed by atoms with Crippen LogP contribution in [-0.2, 0) is 16.6 Å². The molecule has 1 saturated carbocycles. The standard InChI is InChI=1S/C11H18N2O2S2/c1-8-5-11(16-10(8)6-12)17(14,15)13(2)7-9-3-4-9/h5,9H,3-4,6-7,12H2,1-2H3. The minimum Gasteiger partial charge on any atom is -0.326 e. The van der Waals surface area contributed by atoms with Gasteiger partial charge in [-0.25, -0.2) is 8.42 Å². The number of nitrogens with zero attached hydrogens (tertiary/aromatic N) is 1. The van der Waals surface area contributed by atoms with Crippen molar-refractivity contribution in [2.24, 2.45) is 11.7 Å². The molecule has 0 atom stereocenters. The molecular weight excluding hydrogens is 256 g/mol. The van der Waals surface area contributed by atoms with Crippen molar-refractivity contribution in [2.75, 3.05) is 13.6 Å². The van der Waals surface area contributed by atoms with Gasteiger partial charge in [0, 0.05) is 25.0 Å². The predicted molar refractivity (Wildman–Crippen MR) is 69.5 cm³/mol. The molecule has 0 bridgehead atoms. The second kappa shape index (κ2) is 4.68. The zero-order valence-corrected chi connectivity index (χ0v) is 11.8. The van der Waals surface area contributed by atoms with Crippen LogP contribution in [-0.4, -0.2) is 26.3 Å². The summed E-state index contributed by atoms with van der Waals surface area (Å²) >= 11 is 1.29.